The third-order valence-electron chi connectivity index (χ3n) is 3.32. The Morgan fingerprint density at radius 1 is 1.38 bits per heavy atom. The van der Waals surface area contributed by atoms with Crippen LogP contribution in [0.2, 0.25) is 0 Å². The maximum absolute atomic E-state index is 10.1. The molecule has 1 rings (SSSR count). The van der Waals surface area contributed by atoms with Gasteiger partial charge in [-0.3, -0.25) is 4.68 Å². The molecule has 16 heavy (non-hydrogen) atoms. The highest BCUT2D eigenvalue weighted by molar-refractivity contribution is 9.10. The second-order valence-corrected chi connectivity index (χ2v) is 5.64. The van der Waals surface area contributed by atoms with Gasteiger partial charge in [0.25, 0.3) is 0 Å². The van der Waals surface area contributed by atoms with E-state index in [2.05, 4.69) is 41.8 Å². The zero-order chi connectivity index (χ0) is 12.5. The lowest BCUT2D eigenvalue weighted by Crippen LogP contribution is -2.25. The van der Waals surface area contributed by atoms with E-state index in [0.29, 0.717) is 18.3 Å². The Kier molecular flexibility index (Phi) is 4.56. The van der Waals surface area contributed by atoms with Crippen molar-refractivity contribution in [1.29, 1.82) is 0 Å². The molecule has 0 spiro atoms. The van der Waals surface area contributed by atoms with Crippen LogP contribution in [0, 0.1) is 18.8 Å². The SMILES string of the molecule is Cc1nn(C)c(CC(O)C(C)C(C)C)c1Br. The van der Waals surface area contributed by atoms with E-state index in [0.717, 1.165) is 15.9 Å². The van der Waals surface area contributed by atoms with Gasteiger partial charge in [-0.25, -0.2) is 0 Å². The minimum absolute atomic E-state index is 0.294. The lowest BCUT2D eigenvalue weighted by molar-refractivity contribution is 0.0902. The number of hydrogen-bond acceptors (Lipinski definition) is 2. The second kappa shape index (κ2) is 5.32. The molecular formula is C12H21BrN2O. The Labute approximate surface area is 106 Å². The van der Waals surface area contributed by atoms with Gasteiger partial charge in [-0.2, -0.15) is 5.10 Å². The number of hydrogen-bond donors (Lipinski definition) is 1. The van der Waals surface area contributed by atoms with Crippen LogP contribution in [0.5, 0.6) is 0 Å². The molecule has 0 amide bonds. The maximum atomic E-state index is 10.1. The smallest absolute Gasteiger partial charge is 0.0738 e. The number of aryl methyl sites for hydroxylation is 2. The number of halogens is 1. The summed E-state index contributed by atoms with van der Waals surface area (Å²) in [6.07, 6.45) is 0.336. The zero-order valence-corrected chi connectivity index (χ0v) is 12.2. The Bertz CT molecular complexity index is 360. The van der Waals surface area contributed by atoms with Crippen molar-refractivity contribution in [3.05, 3.63) is 15.9 Å². The van der Waals surface area contributed by atoms with Gasteiger partial charge in [-0.1, -0.05) is 20.8 Å². The minimum atomic E-state index is -0.314. The molecular weight excluding hydrogens is 268 g/mol. The minimum Gasteiger partial charge on any atom is -0.392 e. The highest BCUT2D eigenvalue weighted by Crippen LogP contribution is 2.24. The monoisotopic (exact) mass is 288 g/mol. The normalized spacial score (nSPS) is 15.5. The van der Waals surface area contributed by atoms with Crippen LogP contribution in [-0.4, -0.2) is 21.0 Å². The number of aromatic nitrogens is 2. The summed E-state index contributed by atoms with van der Waals surface area (Å²) in [4.78, 5) is 0. The van der Waals surface area contributed by atoms with Gasteiger partial charge in [-0.05, 0) is 34.7 Å². The summed E-state index contributed by atoms with van der Waals surface area (Å²) < 4.78 is 2.86. The van der Waals surface area contributed by atoms with Crippen LogP contribution in [0.15, 0.2) is 4.47 Å². The summed E-state index contributed by atoms with van der Waals surface area (Å²) in [6.45, 7) is 8.33. The summed E-state index contributed by atoms with van der Waals surface area (Å²) in [5, 5.41) is 14.5. The number of aliphatic hydroxyl groups is 1. The standard InChI is InChI=1S/C12H21BrN2O/c1-7(2)8(3)11(16)6-10-12(13)9(4)14-15(10)5/h7-8,11,16H,6H2,1-5H3. The van der Waals surface area contributed by atoms with Crippen molar-refractivity contribution >= 4 is 15.9 Å². The van der Waals surface area contributed by atoms with Gasteiger partial charge in [0.15, 0.2) is 0 Å². The molecule has 92 valence electrons. The fourth-order valence-corrected chi connectivity index (χ4v) is 2.23. The van der Waals surface area contributed by atoms with Gasteiger partial charge < -0.3 is 5.11 Å². The van der Waals surface area contributed by atoms with Crippen molar-refractivity contribution in [2.75, 3.05) is 0 Å². The maximum Gasteiger partial charge on any atom is 0.0738 e. The first kappa shape index (κ1) is 13.7. The van der Waals surface area contributed by atoms with Crippen LogP contribution in [0.1, 0.15) is 32.2 Å². The molecule has 1 aromatic heterocycles. The van der Waals surface area contributed by atoms with E-state index < -0.39 is 0 Å². The van der Waals surface area contributed by atoms with E-state index in [1.54, 1.807) is 0 Å². The Morgan fingerprint density at radius 3 is 2.31 bits per heavy atom. The predicted molar refractivity (Wildman–Crippen MR) is 69.4 cm³/mol. The molecule has 1 aromatic rings. The summed E-state index contributed by atoms with van der Waals surface area (Å²) in [7, 11) is 1.92. The molecule has 0 aliphatic carbocycles. The van der Waals surface area contributed by atoms with Gasteiger partial charge >= 0.3 is 0 Å². The Hall–Kier alpha value is -0.350. The summed E-state index contributed by atoms with van der Waals surface area (Å²) in [5.41, 5.74) is 2.04. The molecule has 0 aromatic carbocycles. The van der Waals surface area contributed by atoms with E-state index in [9.17, 15) is 5.11 Å². The third kappa shape index (κ3) is 2.86. The molecule has 0 bridgehead atoms. The van der Waals surface area contributed by atoms with Crippen LogP contribution in [0.3, 0.4) is 0 Å². The van der Waals surface area contributed by atoms with Crippen molar-refractivity contribution in [2.24, 2.45) is 18.9 Å². The van der Waals surface area contributed by atoms with Crippen molar-refractivity contribution < 1.29 is 5.11 Å². The van der Waals surface area contributed by atoms with Crippen molar-refractivity contribution in [3.8, 4) is 0 Å². The van der Waals surface area contributed by atoms with Crippen molar-refractivity contribution in [2.45, 2.75) is 40.2 Å². The van der Waals surface area contributed by atoms with Crippen LogP contribution in [-0.2, 0) is 13.5 Å². The average molecular weight is 289 g/mol. The molecule has 2 unspecified atom stereocenters. The highest BCUT2D eigenvalue weighted by Gasteiger charge is 2.21. The highest BCUT2D eigenvalue weighted by atomic mass is 79.9. The van der Waals surface area contributed by atoms with Gasteiger partial charge in [0.1, 0.15) is 0 Å². The topological polar surface area (TPSA) is 38.0 Å². The van der Waals surface area contributed by atoms with Crippen molar-refractivity contribution in [1.82, 2.24) is 9.78 Å². The summed E-state index contributed by atoms with van der Waals surface area (Å²) in [5.74, 6) is 0.783. The number of rotatable bonds is 4. The molecule has 0 radical (unpaired) electrons. The molecule has 0 fully saturated rings. The molecule has 1 N–H and O–H groups in total. The van der Waals surface area contributed by atoms with Gasteiger partial charge in [0.05, 0.1) is 22.0 Å². The largest absolute Gasteiger partial charge is 0.392 e. The first-order valence-electron chi connectivity index (χ1n) is 5.70. The van der Waals surface area contributed by atoms with E-state index in [4.69, 9.17) is 0 Å². The van der Waals surface area contributed by atoms with Crippen LogP contribution >= 0.6 is 15.9 Å². The van der Waals surface area contributed by atoms with Crippen molar-refractivity contribution in [3.63, 3.8) is 0 Å². The first-order chi connectivity index (χ1) is 7.34. The molecule has 3 nitrogen and oxygen atoms in total. The van der Waals surface area contributed by atoms with Crippen LogP contribution in [0.25, 0.3) is 0 Å². The zero-order valence-electron chi connectivity index (χ0n) is 10.7. The van der Waals surface area contributed by atoms with Gasteiger partial charge in [-0.15, -0.1) is 0 Å². The molecule has 4 heteroatoms. The first-order valence-corrected chi connectivity index (χ1v) is 6.50. The van der Waals surface area contributed by atoms with E-state index in [1.807, 2.05) is 18.7 Å². The van der Waals surface area contributed by atoms with E-state index in [-0.39, 0.29) is 6.10 Å². The number of nitrogens with zero attached hydrogens (tertiary/aromatic N) is 2. The lowest BCUT2D eigenvalue weighted by atomic mass is 9.90. The second-order valence-electron chi connectivity index (χ2n) is 4.84. The molecule has 0 saturated heterocycles. The quantitative estimate of drug-likeness (QED) is 0.925. The molecule has 0 saturated carbocycles. The lowest BCUT2D eigenvalue weighted by Gasteiger charge is -2.22. The molecule has 2 atom stereocenters. The molecule has 0 aliphatic heterocycles. The Balaban J connectivity index is 2.80. The molecule has 0 aliphatic rings. The van der Waals surface area contributed by atoms with Gasteiger partial charge in [0, 0.05) is 13.5 Å². The predicted octanol–water partition coefficient (Wildman–Crippen LogP) is 2.69. The summed E-state index contributed by atoms with van der Waals surface area (Å²) in [6, 6.07) is 0. The van der Waals surface area contributed by atoms with Gasteiger partial charge in [0.2, 0.25) is 0 Å². The third-order valence-corrected chi connectivity index (χ3v) is 4.35. The molecule has 1 heterocycles. The fourth-order valence-electron chi connectivity index (χ4n) is 1.73. The Morgan fingerprint density at radius 2 is 1.94 bits per heavy atom. The fraction of sp³-hybridized carbons (Fsp3) is 0.750. The van der Waals surface area contributed by atoms with E-state index in [1.165, 1.54) is 0 Å². The number of aliphatic hydroxyl groups excluding tert-OH is 1. The van der Waals surface area contributed by atoms with E-state index >= 15 is 0 Å². The van der Waals surface area contributed by atoms with Crippen LogP contribution < -0.4 is 0 Å². The summed E-state index contributed by atoms with van der Waals surface area (Å²) >= 11 is 3.52. The van der Waals surface area contributed by atoms with Crippen LogP contribution in [0.4, 0.5) is 0 Å². The average Bonchev–Trinajstić information content (AvgIpc) is 2.43.